The summed E-state index contributed by atoms with van der Waals surface area (Å²) in [6, 6.07) is 8.00. The van der Waals surface area contributed by atoms with E-state index in [1.165, 1.54) is 0 Å². The SMILES string of the molecule is CCCC(C)OC(c1cccc(OC)c1)C(N)CC. The second-order valence-corrected chi connectivity index (χ2v) is 5.00. The predicted octanol–water partition coefficient (Wildman–Crippen LogP) is 3.68. The molecule has 1 aromatic carbocycles. The van der Waals surface area contributed by atoms with Crippen LogP contribution >= 0.6 is 0 Å². The average Bonchev–Trinajstić information content (AvgIpc) is 2.44. The molecule has 0 aliphatic carbocycles. The number of rotatable bonds is 8. The van der Waals surface area contributed by atoms with Gasteiger partial charge in [0.25, 0.3) is 0 Å². The molecule has 0 heterocycles. The molecular formula is C16H27NO2. The Kier molecular flexibility index (Phi) is 6.89. The number of hydrogen-bond acceptors (Lipinski definition) is 3. The predicted molar refractivity (Wildman–Crippen MR) is 79.5 cm³/mol. The van der Waals surface area contributed by atoms with Crippen molar-refractivity contribution in [3.63, 3.8) is 0 Å². The topological polar surface area (TPSA) is 44.5 Å². The van der Waals surface area contributed by atoms with Crippen molar-refractivity contribution in [1.29, 1.82) is 0 Å². The third kappa shape index (κ3) is 4.84. The van der Waals surface area contributed by atoms with Crippen LogP contribution in [0.15, 0.2) is 24.3 Å². The minimum atomic E-state index is -0.0679. The highest BCUT2D eigenvalue weighted by molar-refractivity contribution is 5.30. The smallest absolute Gasteiger partial charge is 0.119 e. The van der Waals surface area contributed by atoms with E-state index in [-0.39, 0.29) is 18.2 Å². The quantitative estimate of drug-likeness (QED) is 0.780. The lowest BCUT2D eigenvalue weighted by Crippen LogP contribution is -2.31. The van der Waals surface area contributed by atoms with Gasteiger partial charge in [-0.05, 0) is 37.5 Å². The van der Waals surface area contributed by atoms with Crippen LogP contribution in [0.25, 0.3) is 0 Å². The minimum absolute atomic E-state index is 0.00594. The molecule has 0 radical (unpaired) electrons. The van der Waals surface area contributed by atoms with Crippen molar-refractivity contribution in [1.82, 2.24) is 0 Å². The molecule has 0 aliphatic rings. The molecule has 3 nitrogen and oxygen atoms in total. The highest BCUT2D eigenvalue weighted by Gasteiger charge is 2.22. The first-order chi connectivity index (χ1) is 9.12. The van der Waals surface area contributed by atoms with E-state index in [4.69, 9.17) is 15.2 Å². The van der Waals surface area contributed by atoms with E-state index < -0.39 is 0 Å². The highest BCUT2D eigenvalue weighted by Crippen LogP contribution is 2.27. The fraction of sp³-hybridized carbons (Fsp3) is 0.625. The molecule has 0 saturated heterocycles. The first-order valence-corrected chi connectivity index (χ1v) is 7.17. The van der Waals surface area contributed by atoms with Gasteiger partial charge in [0.05, 0.1) is 19.3 Å². The molecule has 0 aromatic heterocycles. The summed E-state index contributed by atoms with van der Waals surface area (Å²) in [6.45, 7) is 6.37. The van der Waals surface area contributed by atoms with Gasteiger partial charge in [0.15, 0.2) is 0 Å². The monoisotopic (exact) mass is 265 g/mol. The van der Waals surface area contributed by atoms with E-state index in [1.54, 1.807) is 7.11 Å². The summed E-state index contributed by atoms with van der Waals surface area (Å²) in [4.78, 5) is 0. The van der Waals surface area contributed by atoms with Crippen molar-refractivity contribution in [2.45, 2.75) is 58.3 Å². The first-order valence-electron chi connectivity index (χ1n) is 7.17. The minimum Gasteiger partial charge on any atom is -0.497 e. The zero-order valence-corrected chi connectivity index (χ0v) is 12.6. The first kappa shape index (κ1) is 16.0. The Balaban J connectivity index is 2.88. The lowest BCUT2D eigenvalue weighted by Gasteiger charge is -2.27. The van der Waals surface area contributed by atoms with Crippen LogP contribution in [0.3, 0.4) is 0 Å². The molecule has 0 bridgehead atoms. The summed E-state index contributed by atoms with van der Waals surface area (Å²) in [5.41, 5.74) is 7.31. The summed E-state index contributed by atoms with van der Waals surface area (Å²) in [5, 5.41) is 0. The van der Waals surface area contributed by atoms with E-state index in [0.717, 1.165) is 30.6 Å². The van der Waals surface area contributed by atoms with Crippen molar-refractivity contribution in [2.24, 2.45) is 5.73 Å². The van der Waals surface area contributed by atoms with E-state index >= 15 is 0 Å². The molecule has 3 heteroatoms. The van der Waals surface area contributed by atoms with E-state index in [1.807, 2.05) is 18.2 Å². The summed E-state index contributed by atoms with van der Waals surface area (Å²) < 4.78 is 11.4. The second-order valence-electron chi connectivity index (χ2n) is 5.00. The van der Waals surface area contributed by atoms with Crippen molar-refractivity contribution in [3.05, 3.63) is 29.8 Å². The van der Waals surface area contributed by atoms with Gasteiger partial charge in [0.1, 0.15) is 5.75 Å². The van der Waals surface area contributed by atoms with Gasteiger partial charge < -0.3 is 15.2 Å². The van der Waals surface area contributed by atoms with Gasteiger partial charge in [-0.1, -0.05) is 32.4 Å². The van der Waals surface area contributed by atoms with Crippen molar-refractivity contribution < 1.29 is 9.47 Å². The van der Waals surface area contributed by atoms with Gasteiger partial charge in [-0.2, -0.15) is 0 Å². The van der Waals surface area contributed by atoms with Crippen LogP contribution in [0.5, 0.6) is 5.75 Å². The molecule has 2 N–H and O–H groups in total. The van der Waals surface area contributed by atoms with E-state index in [2.05, 4.69) is 26.8 Å². The summed E-state index contributed by atoms with van der Waals surface area (Å²) >= 11 is 0. The Labute approximate surface area is 117 Å². The summed E-state index contributed by atoms with van der Waals surface area (Å²) in [6.07, 6.45) is 3.21. The maximum Gasteiger partial charge on any atom is 0.119 e. The van der Waals surface area contributed by atoms with Gasteiger partial charge in [-0.25, -0.2) is 0 Å². The fourth-order valence-corrected chi connectivity index (χ4v) is 2.18. The largest absolute Gasteiger partial charge is 0.497 e. The molecule has 0 spiro atoms. The van der Waals surface area contributed by atoms with Crippen molar-refractivity contribution >= 4 is 0 Å². The van der Waals surface area contributed by atoms with Crippen LogP contribution in [0.1, 0.15) is 51.7 Å². The van der Waals surface area contributed by atoms with E-state index in [9.17, 15) is 0 Å². The van der Waals surface area contributed by atoms with Gasteiger partial charge >= 0.3 is 0 Å². The van der Waals surface area contributed by atoms with Gasteiger partial charge in [0.2, 0.25) is 0 Å². The second kappa shape index (κ2) is 8.18. The van der Waals surface area contributed by atoms with E-state index in [0.29, 0.717) is 0 Å². The Morgan fingerprint density at radius 3 is 2.58 bits per heavy atom. The zero-order chi connectivity index (χ0) is 14.3. The Bertz CT molecular complexity index is 368. The average molecular weight is 265 g/mol. The lowest BCUT2D eigenvalue weighted by atomic mass is 10.00. The third-order valence-electron chi connectivity index (χ3n) is 3.36. The highest BCUT2D eigenvalue weighted by atomic mass is 16.5. The van der Waals surface area contributed by atoms with Crippen LogP contribution in [0.2, 0.25) is 0 Å². The van der Waals surface area contributed by atoms with Crippen LogP contribution < -0.4 is 10.5 Å². The van der Waals surface area contributed by atoms with Crippen LogP contribution in [0, 0.1) is 0 Å². The van der Waals surface area contributed by atoms with Gasteiger partial charge in [-0.15, -0.1) is 0 Å². The van der Waals surface area contributed by atoms with Crippen LogP contribution in [-0.2, 0) is 4.74 Å². The Morgan fingerprint density at radius 1 is 1.26 bits per heavy atom. The number of ether oxygens (including phenoxy) is 2. The maximum absolute atomic E-state index is 6.22. The molecule has 3 atom stereocenters. The van der Waals surface area contributed by atoms with Crippen molar-refractivity contribution in [3.8, 4) is 5.75 Å². The zero-order valence-electron chi connectivity index (χ0n) is 12.6. The molecule has 1 rings (SSSR count). The standard InChI is InChI=1S/C16H27NO2/c1-5-8-12(3)19-16(15(17)6-2)13-9-7-10-14(11-13)18-4/h7,9-12,15-16H,5-6,8,17H2,1-4H3. The molecule has 19 heavy (non-hydrogen) atoms. The number of hydrogen-bond donors (Lipinski definition) is 1. The Morgan fingerprint density at radius 2 is 2.00 bits per heavy atom. The molecular weight excluding hydrogens is 238 g/mol. The maximum atomic E-state index is 6.22. The molecule has 108 valence electrons. The van der Waals surface area contributed by atoms with Crippen LogP contribution in [0.4, 0.5) is 0 Å². The summed E-state index contributed by atoms with van der Waals surface area (Å²) in [7, 11) is 1.68. The van der Waals surface area contributed by atoms with Crippen LogP contribution in [-0.4, -0.2) is 19.3 Å². The molecule has 0 saturated carbocycles. The van der Waals surface area contributed by atoms with Crippen molar-refractivity contribution in [2.75, 3.05) is 7.11 Å². The lowest BCUT2D eigenvalue weighted by molar-refractivity contribution is -0.0223. The molecule has 3 unspecified atom stereocenters. The molecule has 0 amide bonds. The number of benzene rings is 1. The fourth-order valence-electron chi connectivity index (χ4n) is 2.18. The number of methoxy groups -OCH3 is 1. The molecule has 0 aliphatic heterocycles. The van der Waals surface area contributed by atoms with Gasteiger partial charge in [-0.3, -0.25) is 0 Å². The number of nitrogens with two attached hydrogens (primary N) is 1. The third-order valence-corrected chi connectivity index (χ3v) is 3.36. The summed E-state index contributed by atoms with van der Waals surface area (Å²) in [5.74, 6) is 0.845. The van der Waals surface area contributed by atoms with Gasteiger partial charge in [0, 0.05) is 6.04 Å². The normalized spacial score (nSPS) is 15.8. The molecule has 0 fully saturated rings. The molecule has 1 aromatic rings. The Hall–Kier alpha value is -1.06.